The summed E-state index contributed by atoms with van der Waals surface area (Å²) in [6, 6.07) is 3.93. The molecule has 1 aliphatic heterocycles. The number of rotatable bonds is 3. The second-order valence-corrected chi connectivity index (χ2v) is 7.88. The van der Waals surface area contributed by atoms with Crippen molar-refractivity contribution in [3.05, 3.63) is 45.2 Å². The molecular weight excluding hydrogens is 372 g/mol. The van der Waals surface area contributed by atoms with Gasteiger partial charge in [-0.1, -0.05) is 11.6 Å². The molecule has 0 radical (unpaired) electrons. The third-order valence-electron chi connectivity index (χ3n) is 4.73. The highest BCUT2D eigenvalue weighted by Crippen LogP contribution is 2.43. The van der Waals surface area contributed by atoms with Gasteiger partial charge in [0.05, 0.1) is 16.5 Å². The van der Waals surface area contributed by atoms with Gasteiger partial charge in [0.2, 0.25) is 5.91 Å². The minimum Gasteiger partial charge on any atom is -0.504 e. The van der Waals surface area contributed by atoms with Crippen LogP contribution in [0.4, 0.5) is 0 Å². The van der Waals surface area contributed by atoms with E-state index in [1.54, 1.807) is 11.8 Å². The van der Waals surface area contributed by atoms with E-state index in [1.165, 1.54) is 11.8 Å². The number of fused-ring (bicyclic) bond motifs is 1. The van der Waals surface area contributed by atoms with Crippen molar-refractivity contribution in [2.24, 2.45) is 0 Å². The largest absolute Gasteiger partial charge is 0.504 e. The van der Waals surface area contributed by atoms with E-state index >= 15 is 0 Å². The number of aromatic nitrogens is 1. The Bertz CT molecular complexity index is 886. The van der Waals surface area contributed by atoms with Crippen LogP contribution >= 0.6 is 23.4 Å². The summed E-state index contributed by atoms with van der Waals surface area (Å²) in [4.78, 5) is 19.8. The second kappa shape index (κ2) is 7.37. The number of hydrogen-bond donors (Lipinski definition) is 2. The van der Waals surface area contributed by atoms with Crippen LogP contribution in [0.2, 0.25) is 5.02 Å². The summed E-state index contributed by atoms with van der Waals surface area (Å²) in [5.41, 5.74) is 4.10. The molecule has 1 aromatic heterocycles. The Morgan fingerprint density at radius 1 is 1.23 bits per heavy atom. The average molecular weight is 393 g/mol. The van der Waals surface area contributed by atoms with E-state index in [0.717, 1.165) is 27.4 Å². The van der Waals surface area contributed by atoms with Gasteiger partial charge in [0.25, 0.3) is 0 Å². The van der Waals surface area contributed by atoms with Crippen molar-refractivity contribution >= 4 is 29.3 Å². The number of carbonyl (C=O) groups excluding carboxylic acids is 1. The maximum Gasteiger partial charge on any atom is 0.233 e. The van der Waals surface area contributed by atoms with E-state index in [0.29, 0.717) is 30.8 Å². The molecule has 0 saturated heterocycles. The molecule has 2 aromatic rings. The zero-order valence-electron chi connectivity index (χ0n) is 15.0. The summed E-state index contributed by atoms with van der Waals surface area (Å²) >= 11 is 7.65. The number of benzene rings is 1. The monoisotopic (exact) mass is 392 g/mol. The number of carbonyl (C=O) groups is 1. The molecule has 2 N–H and O–H groups in total. The summed E-state index contributed by atoms with van der Waals surface area (Å²) in [7, 11) is 0. The third kappa shape index (κ3) is 3.48. The Labute approximate surface area is 162 Å². The molecule has 0 spiro atoms. The van der Waals surface area contributed by atoms with Gasteiger partial charge in [-0.05, 0) is 50.5 Å². The zero-order valence-corrected chi connectivity index (χ0v) is 16.5. The number of hydrogen-bond acceptors (Lipinski definition) is 5. The molecule has 1 amide bonds. The van der Waals surface area contributed by atoms with E-state index in [-0.39, 0.29) is 22.4 Å². The summed E-state index contributed by atoms with van der Waals surface area (Å²) in [6.45, 7) is 6.55. The molecule has 1 aliphatic rings. The molecule has 5 nitrogen and oxygen atoms in total. The van der Waals surface area contributed by atoms with Gasteiger partial charge in [-0.25, -0.2) is 0 Å². The Morgan fingerprint density at radius 2 is 1.96 bits per heavy atom. The number of thioether (sulfide) groups is 1. The molecule has 2 heterocycles. The van der Waals surface area contributed by atoms with E-state index < -0.39 is 0 Å². The molecule has 0 saturated carbocycles. The molecule has 1 aromatic carbocycles. The fourth-order valence-corrected chi connectivity index (χ4v) is 4.37. The SMILES string of the molecule is Cc1ccc(SCC(=O)N2CCc3c(Cl)c(O)c(O)c(C)c3C2)c(C)n1. The van der Waals surface area contributed by atoms with E-state index in [9.17, 15) is 15.0 Å². The number of aryl methyl sites for hydroxylation is 2. The lowest BCUT2D eigenvalue weighted by Gasteiger charge is -2.31. The Balaban J connectivity index is 1.73. The van der Waals surface area contributed by atoms with Gasteiger partial charge in [0.1, 0.15) is 0 Å². The number of halogens is 1. The van der Waals surface area contributed by atoms with E-state index in [1.807, 2.05) is 26.0 Å². The number of aromatic hydroxyl groups is 2. The van der Waals surface area contributed by atoms with Crippen molar-refractivity contribution in [3.63, 3.8) is 0 Å². The van der Waals surface area contributed by atoms with Crippen LogP contribution < -0.4 is 0 Å². The van der Waals surface area contributed by atoms with E-state index in [4.69, 9.17) is 11.6 Å². The molecule has 7 heteroatoms. The van der Waals surface area contributed by atoms with Crippen molar-refractivity contribution in [1.29, 1.82) is 0 Å². The molecule has 0 unspecified atom stereocenters. The number of nitrogens with zero attached hydrogens (tertiary/aromatic N) is 2. The van der Waals surface area contributed by atoms with Crippen molar-refractivity contribution < 1.29 is 15.0 Å². The quantitative estimate of drug-likeness (QED) is 0.614. The van der Waals surface area contributed by atoms with Crippen LogP contribution in [0.15, 0.2) is 17.0 Å². The van der Waals surface area contributed by atoms with Gasteiger partial charge in [0, 0.05) is 29.2 Å². The second-order valence-electron chi connectivity index (χ2n) is 6.48. The van der Waals surface area contributed by atoms with Crippen LogP contribution in [-0.4, -0.2) is 38.3 Å². The summed E-state index contributed by atoms with van der Waals surface area (Å²) in [6.07, 6.45) is 0.560. The van der Waals surface area contributed by atoms with Crippen LogP contribution in [-0.2, 0) is 17.8 Å². The summed E-state index contributed by atoms with van der Waals surface area (Å²) in [5.74, 6) is -0.124. The van der Waals surface area contributed by atoms with Crippen molar-refractivity contribution in [3.8, 4) is 11.5 Å². The van der Waals surface area contributed by atoms with Crippen LogP contribution in [0.5, 0.6) is 11.5 Å². The van der Waals surface area contributed by atoms with Crippen LogP contribution in [0.1, 0.15) is 28.1 Å². The van der Waals surface area contributed by atoms with Gasteiger partial charge < -0.3 is 15.1 Å². The highest BCUT2D eigenvalue weighted by molar-refractivity contribution is 8.00. The molecule has 138 valence electrons. The van der Waals surface area contributed by atoms with Crippen LogP contribution in [0.3, 0.4) is 0 Å². The van der Waals surface area contributed by atoms with Gasteiger partial charge in [0.15, 0.2) is 11.5 Å². The van der Waals surface area contributed by atoms with Crippen molar-refractivity contribution in [2.75, 3.05) is 12.3 Å². The van der Waals surface area contributed by atoms with Gasteiger partial charge in [-0.3, -0.25) is 9.78 Å². The maximum atomic E-state index is 12.6. The lowest BCUT2D eigenvalue weighted by atomic mass is 9.94. The molecule has 26 heavy (non-hydrogen) atoms. The fraction of sp³-hybridized carbons (Fsp3) is 0.368. The van der Waals surface area contributed by atoms with Gasteiger partial charge in [-0.2, -0.15) is 0 Å². The highest BCUT2D eigenvalue weighted by atomic mass is 35.5. The lowest BCUT2D eigenvalue weighted by Crippen LogP contribution is -2.37. The molecule has 0 fully saturated rings. The minimum absolute atomic E-state index is 0.0312. The Hall–Kier alpha value is -1.92. The fourth-order valence-electron chi connectivity index (χ4n) is 3.19. The minimum atomic E-state index is -0.277. The molecule has 0 bridgehead atoms. The van der Waals surface area contributed by atoms with Gasteiger partial charge in [-0.15, -0.1) is 11.8 Å². The number of pyridine rings is 1. The first-order chi connectivity index (χ1) is 12.3. The van der Waals surface area contributed by atoms with E-state index in [2.05, 4.69) is 4.98 Å². The third-order valence-corrected chi connectivity index (χ3v) is 6.27. The molecule has 0 atom stereocenters. The first-order valence-corrected chi connectivity index (χ1v) is 9.72. The van der Waals surface area contributed by atoms with Crippen LogP contribution in [0.25, 0.3) is 0 Å². The Morgan fingerprint density at radius 3 is 2.65 bits per heavy atom. The maximum absolute atomic E-state index is 12.6. The van der Waals surface area contributed by atoms with Crippen LogP contribution in [0, 0.1) is 20.8 Å². The standard InChI is InChI=1S/C19H21ClN2O3S/c1-10-4-5-15(12(3)21-10)26-9-16(23)22-7-6-13-14(8-22)11(2)18(24)19(25)17(13)20/h4-5,24-25H,6-9H2,1-3H3. The number of amides is 1. The predicted molar refractivity (Wildman–Crippen MR) is 103 cm³/mol. The first kappa shape index (κ1) is 18.9. The highest BCUT2D eigenvalue weighted by Gasteiger charge is 2.27. The number of phenols is 2. The zero-order chi connectivity index (χ0) is 19.0. The Kier molecular flexibility index (Phi) is 5.34. The van der Waals surface area contributed by atoms with Crippen molar-refractivity contribution in [2.45, 2.75) is 38.6 Å². The summed E-state index contributed by atoms with van der Waals surface area (Å²) < 4.78 is 0. The average Bonchev–Trinajstić information content (AvgIpc) is 2.63. The topological polar surface area (TPSA) is 73.7 Å². The van der Waals surface area contributed by atoms with Crippen molar-refractivity contribution in [1.82, 2.24) is 9.88 Å². The molecule has 0 aliphatic carbocycles. The first-order valence-electron chi connectivity index (χ1n) is 8.36. The summed E-state index contributed by atoms with van der Waals surface area (Å²) in [5, 5.41) is 20.1. The predicted octanol–water partition coefficient (Wildman–Crippen LogP) is 3.75. The lowest BCUT2D eigenvalue weighted by molar-refractivity contribution is -0.129. The number of phenolic OH excluding ortho intramolecular Hbond substituents is 2. The molecule has 3 rings (SSSR count). The molecular formula is C19H21ClN2O3S. The normalized spacial score (nSPS) is 13.6. The van der Waals surface area contributed by atoms with Gasteiger partial charge >= 0.3 is 0 Å². The smallest absolute Gasteiger partial charge is 0.233 e.